The van der Waals surface area contributed by atoms with E-state index in [1.54, 1.807) is 0 Å². The lowest BCUT2D eigenvalue weighted by Gasteiger charge is -2.21. The molecule has 1 heterocycles. The second-order valence-corrected chi connectivity index (χ2v) is 8.83. The zero-order valence-electron chi connectivity index (χ0n) is 17.4. The van der Waals surface area contributed by atoms with Gasteiger partial charge in [0.15, 0.2) is 5.52 Å². The van der Waals surface area contributed by atoms with Crippen molar-refractivity contribution in [2.45, 2.75) is 59.8 Å². The Morgan fingerprint density at radius 1 is 1.04 bits per heavy atom. The van der Waals surface area contributed by atoms with Crippen molar-refractivity contribution in [3.63, 3.8) is 0 Å². The summed E-state index contributed by atoms with van der Waals surface area (Å²) in [5, 5.41) is 1.25. The van der Waals surface area contributed by atoms with Crippen LogP contribution < -0.4 is 4.57 Å². The lowest BCUT2D eigenvalue weighted by molar-refractivity contribution is -0.661. The molecule has 0 spiro atoms. The number of rotatable bonds is 2. The maximum atomic E-state index is 5.08. The van der Waals surface area contributed by atoms with Crippen molar-refractivity contribution in [3.8, 4) is 11.4 Å². The van der Waals surface area contributed by atoms with Gasteiger partial charge >= 0.3 is 5.82 Å². The SMILES string of the molecule is Cc1cc(C(C)(C)C)cc(-c2nc3cccc(C(C)C)c3c[n+]2C)c1C. The second-order valence-electron chi connectivity index (χ2n) is 8.83. The van der Waals surface area contributed by atoms with Crippen LogP contribution in [0.4, 0.5) is 0 Å². The molecule has 0 radical (unpaired) electrons. The van der Waals surface area contributed by atoms with Crippen molar-refractivity contribution in [3.05, 3.63) is 58.8 Å². The van der Waals surface area contributed by atoms with Gasteiger partial charge in [0.25, 0.3) is 0 Å². The molecule has 0 bridgehead atoms. The number of aryl methyl sites for hydroxylation is 2. The first-order valence-corrected chi connectivity index (χ1v) is 9.51. The van der Waals surface area contributed by atoms with Gasteiger partial charge in [0.1, 0.15) is 6.20 Å². The molecule has 136 valence electrons. The summed E-state index contributed by atoms with van der Waals surface area (Å²) < 4.78 is 2.18. The van der Waals surface area contributed by atoms with Crippen molar-refractivity contribution in [2.75, 3.05) is 0 Å². The molecule has 0 aliphatic carbocycles. The van der Waals surface area contributed by atoms with E-state index >= 15 is 0 Å². The minimum atomic E-state index is 0.118. The molecule has 0 saturated heterocycles. The van der Waals surface area contributed by atoms with Gasteiger partial charge in [-0.25, -0.2) is 4.57 Å². The van der Waals surface area contributed by atoms with Crippen LogP contribution in [0.2, 0.25) is 0 Å². The highest BCUT2D eigenvalue weighted by atomic mass is 15.0. The van der Waals surface area contributed by atoms with Crippen LogP contribution in [-0.2, 0) is 12.5 Å². The van der Waals surface area contributed by atoms with Gasteiger partial charge in [-0.2, -0.15) is 0 Å². The molecule has 0 N–H and O–H groups in total. The van der Waals surface area contributed by atoms with Crippen LogP contribution in [0, 0.1) is 13.8 Å². The average molecular weight is 348 g/mol. The smallest absolute Gasteiger partial charge is 0.232 e. The molecule has 0 amide bonds. The van der Waals surface area contributed by atoms with Crippen molar-refractivity contribution >= 4 is 10.9 Å². The van der Waals surface area contributed by atoms with Gasteiger partial charge in [-0.3, -0.25) is 0 Å². The third-order valence-electron chi connectivity index (χ3n) is 5.40. The Balaban J connectivity index is 2.30. The Kier molecular flexibility index (Phi) is 4.64. The van der Waals surface area contributed by atoms with Gasteiger partial charge in [-0.05, 0) is 64.6 Å². The highest BCUT2D eigenvalue weighted by molar-refractivity contribution is 5.82. The normalized spacial score (nSPS) is 12.2. The summed E-state index contributed by atoms with van der Waals surface area (Å²) in [7, 11) is 2.11. The fourth-order valence-corrected chi connectivity index (χ4v) is 3.53. The molecule has 3 rings (SSSR count). The highest BCUT2D eigenvalue weighted by Crippen LogP contribution is 2.31. The van der Waals surface area contributed by atoms with E-state index in [4.69, 9.17) is 4.98 Å². The molecular formula is C24H31N2+. The largest absolute Gasteiger partial charge is 0.331 e. The Bertz CT molecular complexity index is 976. The third-order valence-corrected chi connectivity index (χ3v) is 5.40. The van der Waals surface area contributed by atoms with Crippen LogP contribution in [-0.4, -0.2) is 4.98 Å². The molecule has 0 saturated carbocycles. The van der Waals surface area contributed by atoms with Crippen LogP contribution in [0.15, 0.2) is 36.5 Å². The molecule has 2 heteroatoms. The summed E-state index contributed by atoms with van der Waals surface area (Å²) in [6.07, 6.45) is 2.24. The molecule has 1 aromatic heterocycles. The van der Waals surface area contributed by atoms with Crippen LogP contribution in [0.1, 0.15) is 62.8 Å². The Labute approximate surface area is 157 Å². The average Bonchev–Trinajstić information content (AvgIpc) is 2.55. The van der Waals surface area contributed by atoms with Crippen molar-refractivity contribution in [2.24, 2.45) is 7.05 Å². The molecule has 3 aromatic rings. The molecule has 0 atom stereocenters. The number of hydrogen-bond donors (Lipinski definition) is 0. The lowest BCUT2D eigenvalue weighted by atomic mass is 9.83. The monoisotopic (exact) mass is 347 g/mol. The summed E-state index contributed by atoms with van der Waals surface area (Å²) in [4.78, 5) is 5.08. The van der Waals surface area contributed by atoms with Gasteiger partial charge in [-0.15, -0.1) is 0 Å². The van der Waals surface area contributed by atoms with Gasteiger partial charge in [0.05, 0.1) is 18.0 Å². The summed E-state index contributed by atoms with van der Waals surface area (Å²) in [6.45, 7) is 15.7. The predicted molar refractivity (Wildman–Crippen MR) is 111 cm³/mol. The quantitative estimate of drug-likeness (QED) is 0.538. The van der Waals surface area contributed by atoms with Crippen molar-refractivity contribution < 1.29 is 4.57 Å². The lowest BCUT2D eigenvalue weighted by Crippen LogP contribution is -2.32. The first kappa shape index (κ1) is 18.6. The van der Waals surface area contributed by atoms with E-state index in [9.17, 15) is 0 Å². The highest BCUT2D eigenvalue weighted by Gasteiger charge is 2.23. The van der Waals surface area contributed by atoms with Crippen molar-refractivity contribution in [1.82, 2.24) is 4.98 Å². The summed E-state index contributed by atoms with van der Waals surface area (Å²) in [5.41, 5.74) is 7.76. The van der Waals surface area contributed by atoms with Crippen molar-refractivity contribution in [1.29, 1.82) is 0 Å². The number of nitrogens with zero attached hydrogens (tertiary/aromatic N) is 2. The topological polar surface area (TPSA) is 16.8 Å². The molecular weight excluding hydrogens is 316 g/mol. The van der Waals surface area contributed by atoms with E-state index in [2.05, 4.69) is 96.6 Å². The summed E-state index contributed by atoms with van der Waals surface area (Å²) >= 11 is 0. The zero-order valence-corrected chi connectivity index (χ0v) is 17.4. The van der Waals surface area contributed by atoms with E-state index < -0.39 is 0 Å². The number of fused-ring (bicyclic) bond motifs is 1. The van der Waals surface area contributed by atoms with E-state index in [0.717, 1.165) is 11.3 Å². The van der Waals surface area contributed by atoms with Crippen LogP contribution >= 0.6 is 0 Å². The Morgan fingerprint density at radius 3 is 2.35 bits per heavy atom. The Hall–Kier alpha value is -2.22. The van der Waals surface area contributed by atoms with E-state index in [1.807, 2.05) is 0 Å². The Morgan fingerprint density at radius 2 is 1.73 bits per heavy atom. The minimum Gasteiger partial charge on any atom is -0.232 e. The second kappa shape index (κ2) is 6.50. The van der Waals surface area contributed by atoms with E-state index in [-0.39, 0.29) is 5.41 Å². The molecule has 2 nitrogen and oxygen atoms in total. The first-order valence-electron chi connectivity index (χ1n) is 9.51. The van der Waals surface area contributed by atoms with Gasteiger partial charge in [0.2, 0.25) is 0 Å². The molecule has 0 fully saturated rings. The molecule has 0 aliphatic heterocycles. The zero-order chi connectivity index (χ0) is 19.2. The number of hydrogen-bond acceptors (Lipinski definition) is 1. The summed E-state index contributed by atoms with van der Waals surface area (Å²) in [6, 6.07) is 11.1. The van der Waals surface area contributed by atoms with Gasteiger partial charge in [-0.1, -0.05) is 52.8 Å². The number of aromatic nitrogens is 2. The van der Waals surface area contributed by atoms with Gasteiger partial charge < -0.3 is 0 Å². The predicted octanol–water partition coefficient (Wildman–Crippen LogP) is 5.76. The minimum absolute atomic E-state index is 0.118. The van der Waals surface area contributed by atoms with Crippen LogP contribution in [0.5, 0.6) is 0 Å². The fraction of sp³-hybridized carbons (Fsp3) is 0.417. The first-order chi connectivity index (χ1) is 12.1. The number of benzene rings is 2. The standard InChI is InChI=1S/C24H31N2/c1-15(2)19-10-9-11-22-21(19)14-26(8)23(25-22)20-13-18(24(5,6)7)12-16(3)17(20)4/h9-15H,1-8H3/q+1. The van der Waals surface area contributed by atoms with Crippen LogP contribution in [0.25, 0.3) is 22.3 Å². The molecule has 0 unspecified atom stereocenters. The van der Waals surface area contributed by atoms with E-state index in [1.165, 1.54) is 33.2 Å². The van der Waals surface area contributed by atoms with E-state index in [0.29, 0.717) is 5.92 Å². The maximum absolute atomic E-state index is 5.08. The maximum Gasteiger partial charge on any atom is 0.331 e. The van der Waals surface area contributed by atoms with Crippen LogP contribution in [0.3, 0.4) is 0 Å². The molecule has 26 heavy (non-hydrogen) atoms. The molecule has 2 aromatic carbocycles. The molecule has 0 aliphatic rings. The summed E-state index contributed by atoms with van der Waals surface area (Å²) in [5.74, 6) is 1.52. The fourth-order valence-electron chi connectivity index (χ4n) is 3.53. The van der Waals surface area contributed by atoms with Gasteiger partial charge in [0, 0.05) is 0 Å². The third kappa shape index (κ3) is 3.25.